The molecular formula is C16H19N3O10S3. The van der Waals surface area contributed by atoms with Crippen molar-refractivity contribution in [3.05, 3.63) is 42.5 Å². The molecule has 0 fully saturated rings. The minimum atomic E-state index is -4.19. The van der Waals surface area contributed by atoms with Gasteiger partial charge >= 0.3 is 0 Å². The van der Waals surface area contributed by atoms with Crippen LogP contribution in [-0.4, -0.2) is 52.0 Å². The predicted octanol–water partition coefficient (Wildman–Crippen LogP) is 3.14. The number of nitrogens with one attached hydrogen (secondary N) is 1. The molecule has 2 rings (SSSR count). The van der Waals surface area contributed by atoms with Crippen molar-refractivity contribution >= 4 is 49.3 Å². The van der Waals surface area contributed by atoms with Gasteiger partial charge in [0.05, 0.1) is 30.1 Å². The van der Waals surface area contributed by atoms with Gasteiger partial charge in [0.15, 0.2) is 22.2 Å². The second-order valence-corrected chi connectivity index (χ2v) is 9.90. The molecule has 2 aromatic rings. The van der Waals surface area contributed by atoms with Gasteiger partial charge in [-0.25, -0.2) is 13.7 Å². The molecule has 0 heterocycles. The minimum absolute atomic E-state index is 0.0521. The number of benzene rings is 2. The van der Waals surface area contributed by atoms with Gasteiger partial charge in [0, 0.05) is 11.8 Å². The lowest BCUT2D eigenvalue weighted by molar-refractivity contribution is -0.434. The molecule has 0 aromatic heterocycles. The van der Waals surface area contributed by atoms with Crippen LogP contribution < -0.4 is 10.1 Å². The number of rotatable bonds is 13. The molecule has 0 spiro atoms. The number of hydrogen-bond acceptors (Lipinski definition) is 13. The van der Waals surface area contributed by atoms with Crippen LogP contribution in [0.5, 0.6) is 5.75 Å². The molecule has 0 saturated heterocycles. The van der Waals surface area contributed by atoms with E-state index in [4.69, 9.17) is 18.7 Å². The van der Waals surface area contributed by atoms with E-state index in [0.717, 1.165) is 0 Å². The fourth-order valence-electron chi connectivity index (χ4n) is 2.20. The van der Waals surface area contributed by atoms with Crippen molar-refractivity contribution in [2.75, 3.05) is 30.7 Å². The van der Waals surface area contributed by atoms with E-state index in [1.807, 2.05) is 0 Å². The van der Waals surface area contributed by atoms with E-state index in [2.05, 4.69) is 24.9 Å². The van der Waals surface area contributed by atoms with E-state index < -0.39 is 25.8 Å². The highest BCUT2D eigenvalue weighted by atomic mass is 32.2. The first-order valence-corrected chi connectivity index (χ1v) is 12.5. The molecule has 0 unspecified atom stereocenters. The van der Waals surface area contributed by atoms with Crippen molar-refractivity contribution in [2.45, 2.75) is 4.90 Å². The molecule has 2 aromatic carbocycles. The Kier molecular flexibility index (Phi) is 9.79. The number of sulfone groups is 1. The van der Waals surface area contributed by atoms with Crippen molar-refractivity contribution < 1.29 is 44.9 Å². The SMILES string of the molecule is COc1cc(NCS(=O)(=O)O)ccc1/N=N/c1ccc(S(=O)(=O)CCOSOOO)cc1. The van der Waals surface area contributed by atoms with Crippen LogP contribution in [0.2, 0.25) is 0 Å². The predicted molar refractivity (Wildman–Crippen MR) is 114 cm³/mol. The first-order chi connectivity index (χ1) is 15.1. The molecular weight excluding hydrogens is 490 g/mol. The molecule has 0 bridgehead atoms. The molecule has 0 radical (unpaired) electrons. The zero-order chi connectivity index (χ0) is 23.6. The highest BCUT2D eigenvalue weighted by Crippen LogP contribution is 2.32. The molecule has 0 amide bonds. The van der Waals surface area contributed by atoms with Crippen molar-refractivity contribution in [3.8, 4) is 5.75 Å². The Bertz CT molecular complexity index is 1120. The Hall–Kier alpha value is -2.31. The zero-order valence-corrected chi connectivity index (χ0v) is 18.9. The molecule has 13 nitrogen and oxygen atoms in total. The van der Waals surface area contributed by atoms with Crippen LogP contribution in [0, 0.1) is 0 Å². The van der Waals surface area contributed by atoms with Crippen molar-refractivity contribution in [3.63, 3.8) is 0 Å². The first kappa shape index (κ1) is 25.9. The lowest BCUT2D eigenvalue weighted by Crippen LogP contribution is -2.12. The van der Waals surface area contributed by atoms with E-state index in [0.29, 0.717) is 22.8 Å². The Labute approximate surface area is 188 Å². The molecule has 16 heteroatoms. The summed E-state index contributed by atoms with van der Waals surface area (Å²) < 4.78 is 68.9. The van der Waals surface area contributed by atoms with Gasteiger partial charge < -0.3 is 10.1 Å². The summed E-state index contributed by atoms with van der Waals surface area (Å²) in [4.78, 5) is 0.0521. The van der Waals surface area contributed by atoms with E-state index in [9.17, 15) is 16.8 Å². The Balaban J connectivity index is 2.04. The van der Waals surface area contributed by atoms with Crippen LogP contribution in [0.1, 0.15) is 0 Å². The molecule has 0 aliphatic carbocycles. The summed E-state index contributed by atoms with van der Waals surface area (Å²) in [6.07, 6.45) is 0. The Morgan fingerprint density at radius 1 is 1.06 bits per heavy atom. The Morgan fingerprint density at radius 2 is 1.78 bits per heavy atom. The molecule has 0 aliphatic rings. The van der Waals surface area contributed by atoms with Gasteiger partial charge in [-0.2, -0.15) is 13.5 Å². The lowest BCUT2D eigenvalue weighted by atomic mass is 10.2. The summed E-state index contributed by atoms with van der Waals surface area (Å²) in [7, 11) is -6.41. The average molecular weight is 510 g/mol. The molecule has 0 saturated carbocycles. The lowest BCUT2D eigenvalue weighted by Gasteiger charge is -2.08. The molecule has 32 heavy (non-hydrogen) atoms. The van der Waals surface area contributed by atoms with E-state index in [-0.39, 0.29) is 29.6 Å². The van der Waals surface area contributed by atoms with Crippen LogP contribution in [-0.2, 0) is 33.5 Å². The van der Waals surface area contributed by atoms with Crippen molar-refractivity contribution in [1.82, 2.24) is 0 Å². The van der Waals surface area contributed by atoms with Gasteiger partial charge in [-0.15, -0.1) is 9.45 Å². The third kappa shape index (κ3) is 8.67. The van der Waals surface area contributed by atoms with Gasteiger partial charge in [0.1, 0.15) is 17.3 Å². The maximum atomic E-state index is 12.2. The van der Waals surface area contributed by atoms with Gasteiger partial charge in [-0.3, -0.25) is 8.74 Å². The number of azo groups is 1. The Morgan fingerprint density at radius 3 is 2.41 bits per heavy atom. The smallest absolute Gasteiger partial charge is 0.283 e. The monoisotopic (exact) mass is 509 g/mol. The number of nitrogens with zero attached hydrogens (tertiary/aromatic N) is 2. The maximum absolute atomic E-state index is 12.2. The number of ether oxygens (including phenoxy) is 1. The van der Waals surface area contributed by atoms with Crippen LogP contribution >= 0.6 is 12.3 Å². The summed E-state index contributed by atoms with van der Waals surface area (Å²) in [5, 5.41) is 21.8. The van der Waals surface area contributed by atoms with Gasteiger partial charge in [0.25, 0.3) is 10.1 Å². The maximum Gasteiger partial charge on any atom is 0.283 e. The third-order valence-electron chi connectivity index (χ3n) is 3.65. The number of hydrogen-bond donors (Lipinski definition) is 3. The highest BCUT2D eigenvalue weighted by molar-refractivity contribution is 7.91. The quantitative estimate of drug-likeness (QED) is 0.0896. The second kappa shape index (κ2) is 12.1. The van der Waals surface area contributed by atoms with Crippen LogP contribution in [0.15, 0.2) is 57.6 Å². The molecule has 176 valence electrons. The molecule has 3 N–H and O–H groups in total. The highest BCUT2D eigenvalue weighted by Gasteiger charge is 2.14. The second-order valence-electron chi connectivity index (χ2n) is 5.84. The number of methoxy groups -OCH3 is 1. The fraction of sp³-hybridized carbons (Fsp3) is 0.250. The minimum Gasteiger partial charge on any atom is -0.494 e. The summed E-state index contributed by atoms with van der Waals surface area (Å²) >= 11 is 0.287. The van der Waals surface area contributed by atoms with Gasteiger partial charge in [-0.05, 0) is 36.4 Å². The van der Waals surface area contributed by atoms with E-state index in [1.165, 1.54) is 49.6 Å². The topological polar surface area (TPSA) is 182 Å². The van der Waals surface area contributed by atoms with Crippen LogP contribution in [0.3, 0.4) is 0 Å². The zero-order valence-electron chi connectivity index (χ0n) is 16.4. The molecule has 0 atom stereocenters. The summed E-state index contributed by atoms with van der Waals surface area (Å²) in [5.41, 5.74) is 1.09. The summed E-state index contributed by atoms with van der Waals surface area (Å²) in [5.74, 6) is -0.700. The summed E-state index contributed by atoms with van der Waals surface area (Å²) in [6, 6.07) is 10.2. The first-order valence-electron chi connectivity index (χ1n) is 8.52. The number of anilines is 1. The summed E-state index contributed by atoms with van der Waals surface area (Å²) in [6.45, 7) is -0.202. The largest absolute Gasteiger partial charge is 0.494 e. The van der Waals surface area contributed by atoms with E-state index in [1.54, 1.807) is 0 Å². The van der Waals surface area contributed by atoms with Crippen molar-refractivity contribution in [2.24, 2.45) is 10.2 Å². The normalized spacial score (nSPS) is 12.2. The van der Waals surface area contributed by atoms with E-state index >= 15 is 0 Å². The molecule has 0 aliphatic heterocycles. The standard InChI is InChI=1S/C16H19N3O10S3/c1-26-16-10-13(17-11-32(23,24)25)4-7-15(16)19-18-12-2-5-14(6-3-12)31(21,22)9-8-27-30-29-28-20/h2-7,10,17,20H,8-9,11H2,1H3,(H,23,24,25)/b19-18+. The fourth-order valence-corrected chi connectivity index (χ4v) is 3.96. The van der Waals surface area contributed by atoms with Crippen LogP contribution in [0.25, 0.3) is 0 Å². The van der Waals surface area contributed by atoms with Gasteiger partial charge in [-0.1, -0.05) is 5.04 Å². The van der Waals surface area contributed by atoms with Crippen LogP contribution in [0.4, 0.5) is 17.1 Å². The third-order valence-corrected chi connectivity index (χ3v) is 6.23. The van der Waals surface area contributed by atoms with Gasteiger partial charge in [0.2, 0.25) is 0 Å². The average Bonchev–Trinajstić information content (AvgIpc) is 2.76. The van der Waals surface area contributed by atoms with Crippen molar-refractivity contribution in [1.29, 1.82) is 0 Å².